The predicted octanol–water partition coefficient (Wildman–Crippen LogP) is -0.0643. The Labute approximate surface area is 79.8 Å². The van der Waals surface area contributed by atoms with Crippen LogP contribution in [-0.2, 0) is 7.05 Å². The molecule has 0 atom stereocenters. The molecule has 0 saturated carbocycles. The summed E-state index contributed by atoms with van der Waals surface area (Å²) in [6.45, 7) is 3.47. The first kappa shape index (κ1) is 8.74. The number of imidazole rings is 1. The van der Waals surface area contributed by atoms with Gasteiger partial charge in [0.05, 0.1) is 11.4 Å². The molecule has 2 aliphatic heterocycles. The lowest BCUT2D eigenvalue weighted by atomic mass is 10.3. The number of nitrogens with zero attached hydrogens (tertiary/aromatic N) is 4. The van der Waals surface area contributed by atoms with E-state index in [1.54, 1.807) is 20.9 Å². The third kappa shape index (κ3) is 0.935. The molecule has 6 heteroatoms. The normalized spacial score (nSPS) is 11.1. The Kier molecular flexibility index (Phi) is 1.60. The highest BCUT2D eigenvalue weighted by Crippen LogP contribution is 2.16. The summed E-state index contributed by atoms with van der Waals surface area (Å²) in [4.78, 5) is 19.0. The average molecular weight is 194 g/mol. The van der Waals surface area contributed by atoms with Gasteiger partial charge < -0.3 is 5.21 Å². The molecule has 74 valence electrons. The van der Waals surface area contributed by atoms with Crippen LogP contribution in [0.15, 0.2) is 4.79 Å². The van der Waals surface area contributed by atoms with Gasteiger partial charge in [-0.15, -0.1) is 0 Å². The number of hydrogen-bond acceptors (Lipinski definition) is 4. The first-order valence-electron chi connectivity index (χ1n) is 4.14. The van der Waals surface area contributed by atoms with Gasteiger partial charge in [-0.05, 0) is 13.8 Å². The summed E-state index contributed by atoms with van der Waals surface area (Å²) in [6, 6.07) is 0. The molecular formula is C8H10N4O2. The van der Waals surface area contributed by atoms with Crippen LogP contribution in [0.3, 0.4) is 0 Å². The van der Waals surface area contributed by atoms with Crippen LogP contribution >= 0.6 is 0 Å². The summed E-state index contributed by atoms with van der Waals surface area (Å²) >= 11 is 0. The SMILES string of the molecule is Cc1nc2n(C)c(=O)nc-2n(O)c1C. The molecule has 0 radical (unpaired) electrons. The number of aromatic nitrogens is 4. The van der Waals surface area contributed by atoms with Gasteiger partial charge in [0, 0.05) is 7.05 Å². The van der Waals surface area contributed by atoms with E-state index >= 15 is 0 Å². The number of fused-ring (bicyclic) bond motifs is 1. The molecule has 0 aromatic heterocycles. The van der Waals surface area contributed by atoms with Gasteiger partial charge >= 0.3 is 5.69 Å². The van der Waals surface area contributed by atoms with Crippen molar-refractivity contribution in [1.29, 1.82) is 0 Å². The molecule has 0 fully saturated rings. The van der Waals surface area contributed by atoms with Crippen molar-refractivity contribution in [2.75, 3.05) is 0 Å². The molecule has 14 heavy (non-hydrogen) atoms. The average Bonchev–Trinajstić information content (AvgIpc) is 2.42. The molecule has 0 aliphatic carbocycles. The van der Waals surface area contributed by atoms with Crippen molar-refractivity contribution in [3.05, 3.63) is 21.9 Å². The monoisotopic (exact) mass is 194 g/mol. The van der Waals surface area contributed by atoms with E-state index in [1.165, 1.54) is 4.57 Å². The van der Waals surface area contributed by atoms with Crippen molar-refractivity contribution < 1.29 is 5.21 Å². The molecule has 0 saturated heterocycles. The number of rotatable bonds is 0. The summed E-state index contributed by atoms with van der Waals surface area (Å²) in [6.07, 6.45) is 0. The maximum atomic E-state index is 11.2. The Morgan fingerprint density at radius 1 is 1.21 bits per heavy atom. The molecule has 0 spiro atoms. The van der Waals surface area contributed by atoms with Crippen molar-refractivity contribution in [2.45, 2.75) is 13.8 Å². The zero-order valence-corrected chi connectivity index (χ0v) is 8.14. The fourth-order valence-corrected chi connectivity index (χ4v) is 1.28. The Hall–Kier alpha value is -1.85. The third-order valence-electron chi connectivity index (χ3n) is 2.32. The number of aryl methyl sites for hydroxylation is 1. The first-order valence-corrected chi connectivity index (χ1v) is 4.14. The van der Waals surface area contributed by atoms with E-state index in [0.29, 0.717) is 17.2 Å². The fourth-order valence-electron chi connectivity index (χ4n) is 1.28. The molecule has 2 rings (SSSR count). The minimum absolute atomic E-state index is 0.195. The van der Waals surface area contributed by atoms with Crippen molar-refractivity contribution in [2.24, 2.45) is 7.05 Å². The summed E-state index contributed by atoms with van der Waals surface area (Å²) in [7, 11) is 1.57. The van der Waals surface area contributed by atoms with Crippen LogP contribution in [0.5, 0.6) is 0 Å². The van der Waals surface area contributed by atoms with Gasteiger partial charge in [-0.2, -0.15) is 9.71 Å². The lowest BCUT2D eigenvalue weighted by Crippen LogP contribution is -2.13. The Bertz CT molecular complexity index is 525. The van der Waals surface area contributed by atoms with E-state index in [4.69, 9.17) is 0 Å². The first-order chi connectivity index (χ1) is 6.52. The molecule has 0 aromatic rings. The highest BCUT2D eigenvalue weighted by molar-refractivity contribution is 5.47. The van der Waals surface area contributed by atoms with Crippen LogP contribution in [0, 0.1) is 13.8 Å². The van der Waals surface area contributed by atoms with Crippen LogP contribution < -0.4 is 5.69 Å². The predicted molar refractivity (Wildman–Crippen MR) is 48.5 cm³/mol. The minimum atomic E-state index is -0.416. The van der Waals surface area contributed by atoms with E-state index < -0.39 is 5.69 Å². The Morgan fingerprint density at radius 3 is 2.50 bits per heavy atom. The van der Waals surface area contributed by atoms with E-state index in [1.807, 2.05) is 0 Å². The van der Waals surface area contributed by atoms with Crippen LogP contribution in [-0.4, -0.2) is 24.5 Å². The molecule has 1 N–H and O–H groups in total. The second kappa shape index (κ2) is 2.57. The smallest absolute Gasteiger partial charge is 0.351 e. The fraction of sp³-hybridized carbons (Fsp3) is 0.375. The van der Waals surface area contributed by atoms with Gasteiger partial charge in [-0.3, -0.25) is 4.57 Å². The third-order valence-corrected chi connectivity index (χ3v) is 2.32. The largest absolute Gasteiger partial charge is 0.426 e. The van der Waals surface area contributed by atoms with Gasteiger partial charge in [-0.1, -0.05) is 0 Å². The van der Waals surface area contributed by atoms with Gasteiger partial charge in [0.15, 0.2) is 5.82 Å². The second-order valence-corrected chi connectivity index (χ2v) is 3.20. The molecule has 0 bridgehead atoms. The summed E-state index contributed by atoms with van der Waals surface area (Å²) < 4.78 is 2.19. The zero-order chi connectivity index (χ0) is 10.5. The van der Waals surface area contributed by atoms with E-state index in [2.05, 4.69) is 9.97 Å². The lowest BCUT2D eigenvalue weighted by Gasteiger charge is -2.09. The van der Waals surface area contributed by atoms with E-state index in [0.717, 1.165) is 4.73 Å². The van der Waals surface area contributed by atoms with Crippen molar-refractivity contribution in [3.8, 4) is 11.6 Å². The number of hydrogen-bond donors (Lipinski definition) is 1. The van der Waals surface area contributed by atoms with Crippen LogP contribution in [0.4, 0.5) is 0 Å². The molecule has 0 unspecified atom stereocenters. The maximum absolute atomic E-state index is 11.2. The van der Waals surface area contributed by atoms with Gasteiger partial charge in [0.2, 0.25) is 5.82 Å². The van der Waals surface area contributed by atoms with Gasteiger partial charge in [0.1, 0.15) is 0 Å². The molecule has 2 heterocycles. The molecule has 0 amide bonds. The summed E-state index contributed by atoms with van der Waals surface area (Å²) in [5, 5.41) is 9.64. The van der Waals surface area contributed by atoms with E-state index in [9.17, 15) is 10.0 Å². The molecule has 2 aliphatic rings. The lowest BCUT2D eigenvalue weighted by molar-refractivity contribution is 0.178. The van der Waals surface area contributed by atoms with Gasteiger partial charge in [0.25, 0.3) is 0 Å². The quantitative estimate of drug-likeness (QED) is 0.596. The van der Waals surface area contributed by atoms with Gasteiger partial charge in [-0.25, -0.2) is 9.78 Å². The molecule has 6 nitrogen and oxygen atoms in total. The Morgan fingerprint density at radius 2 is 1.86 bits per heavy atom. The van der Waals surface area contributed by atoms with Crippen LogP contribution in [0.2, 0.25) is 0 Å². The highest BCUT2D eigenvalue weighted by Gasteiger charge is 2.19. The zero-order valence-electron chi connectivity index (χ0n) is 8.14. The van der Waals surface area contributed by atoms with Crippen molar-refractivity contribution in [3.63, 3.8) is 0 Å². The Balaban J connectivity index is 2.97. The maximum Gasteiger partial charge on any atom is 0.351 e. The van der Waals surface area contributed by atoms with Crippen LogP contribution in [0.1, 0.15) is 11.4 Å². The summed E-state index contributed by atoms with van der Waals surface area (Å²) in [5.74, 6) is 0.584. The topological polar surface area (TPSA) is 72.9 Å². The van der Waals surface area contributed by atoms with Crippen molar-refractivity contribution in [1.82, 2.24) is 19.3 Å². The molecule has 0 aromatic carbocycles. The standard InChI is InChI=1S/C8H10N4O2/c1-4-5(2)12(14)7-6(9-4)11(3)8(13)10-7/h14H,1-3H3. The molecular weight excluding hydrogens is 184 g/mol. The van der Waals surface area contributed by atoms with E-state index in [-0.39, 0.29) is 5.82 Å². The van der Waals surface area contributed by atoms with Crippen LogP contribution in [0.25, 0.3) is 11.6 Å². The summed E-state index contributed by atoms with van der Waals surface area (Å²) in [5.41, 5.74) is 0.832. The highest BCUT2D eigenvalue weighted by atomic mass is 16.5. The second-order valence-electron chi connectivity index (χ2n) is 3.20. The van der Waals surface area contributed by atoms with Crippen molar-refractivity contribution >= 4 is 0 Å². The minimum Gasteiger partial charge on any atom is -0.426 e.